The smallest absolute Gasteiger partial charge is 0.283 e. The Morgan fingerprint density at radius 2 is 0.769 bits per heavy atom. The number of hydrogen-bond donors (Lipinski definition) is 1. The van der Waals surface area contributed by atoms with Crippen molar-refractivity contribution in [3.05, 3.63) is 0 Å². The fraction of sp³-hybridized carbons (Fsp3) is 1.00. The SMILES string of the molecule is CC(F)(C(F)(F)C(F)(F)C(F)(F)C(F)(F)C(F)(F)C(F)(F)F)S(=O)(=O)O. The molecule has 0 amide bonds. The van der Waals surface area contributed by atoms with E-state index in [0.717, 1.165) is 0 Å². The van der Waals surface area contributed by atoms with Crippen molar-refractivity contribution in [1.29, 1.82) is 0 Å². The molecule has 26 heavy (non-hydrogen) atoms. The molecule has 0 spiro atoms. The first-order valence-corrected chi connectivity index (χ1v) is 6.81. The van der Waals surface area contributed by atoms with Crippen LogP contribution in [0.2, 0.25) is 0 Å². The Kier molecular flexibility index (Phi) is 5.48. The van der Waals surface area contributed by atoms with Gasteiger partial charge in [0, 0.05) is 0 Å². The first-order valence-electron chi connectivity index (χ1n) is 5.37. The Balaban J connectivity index is 6.71. The molecule has 0 aliphatic carbocycles. The second-order valence-corrected chi connectivity index (χ2v) is 6.48. The van der Waals surface area contributed by atoms with E-state index in [1.54, 1.807) is 0 Å². The van der Waals surface area contributed by atoms with Gasteiger partial charge in [0.05, 0.1) is 0 Å². The van der Waals surface area contributed by atoms with Crippen LogP contribution >= 0.6 is 0 Å². The van der Waals surface area contributed by atoms with Crippen LogP contribution in [0.4, 0.5) is 61.5 Å². The fourth-order valence-corrected chi connectivity index (χ4v) is 1.66. The van der Waals surface area contributed by atoms with Crippen LogP contribution in [-0.4, -0.2) is 53.8 Å². The van der Waals surface area contributed by atoms with Gasteiger partial charge in [0.2, 0.25) is 0 Å². The molecule has 0 rings (SSSR count). The average molecular weight is 446 g/mol. The van der Waals surface area contributed by atoms with Gasteiger partial charge in [-0.05, 0) is 6.92 Å². The predicted octanol–water partition coefficient (Wildman–Crippen LogP) is 4.30. The Hall–Kier alpha value is -1.07. The highest BCUT2D eigenvalue weighted by Gasteiger charge is 2.93. The summed E-state index contributed by atoms with van der Waals surface area (Å²) in [5.74, 6) is -40.5. The Bertz CT molecular complexity index is 646. The lowest BCUT2D eigenvalue weighted by Crippen LogP contribution is -2.73. The van der Waals surface area contributed by atoms with Crippen molar-refractivity contribution in [2.45, 2.75) is 47.7 Å². The van der Waals surface area contributed by atoms with Crippen molar-refractivity contribution in [1.82, 2.24) is 0 Å². The first-order chi connectivity index (χ1) is 10.8. The number of alkyl halides is 14. The van der Waals surface area contributed by atoms with Crippen molar-refractivity contribution in [2.24, 2.45) is 0 Å². The zero-order valence-corrected chi connectivity index (χ0v) is 12.3. The molecule has 0 aliphatic rings. The molecule has 0 saturated carbocycles. The van der Waals surface area contributed by atoms with Crippen LogP contribution in [0.25, 0.3) is 0 Å². The van der Waals surface area contributed by atoms with E-state index in [1.165, 1.54) is 0 Å². The van der Waals surface area contributed by atoms with E-state index in [1.807, 2.05) is 0 Å². The lowest BCUT2D eigenvalue weighted by Gasteiger charge is -2.41. The summed E-state index contributed by atoms with van der Waals surface area (Å²) in [6, 6.07) is 0. The molecule has 0 radical (unpaired) electrons. The summed E-state index contributed by atoms with van der Waals surface area (Å²) in [4.78, 5) is 0. The van der Waals surface area contributed by atoms with Crippen LogP contribution in [0.1, 0.15) is 6.92 Å². The van der Waals surface area contributed by atoms with Gasteiger partial charge in [-0.15, -0.1) is 0 Å². The van der Waals surface area contributed by atoms with Gasteiger partial charge in [-0.1, -0.05) is 0 Å². The Morgan fingerprint density at radius 3 is 1.00 bits per heavy atom. The molecule has 0 aliphatic heterocycles. The highest BCUT2D eigenvalue weighted by molar-refractivity contribution is 7.87. The summed E-state index contributed by atoms with van der Waals surface area (Å²) in [7, 11) is -7.10. The van der Waals surface area contributed by atoms with E-state index in [2.05, 4.69) is 0 Å². The van der Waals surface area contributed by atoms with E-state index >= 15 is 0 Å². The third-order valence-electron chi connectivity index (χ3n) is 2.98. The molecule has 0 saturated heterocycles. The molecule has 3 nitrogen and oxygen atoms in total. The van der Waals surface area contributed by atoms with Gasteiger partial charge in [0.25, 0.3) is 0 Å². The van der Waals surface area contributed by atoms with Crippen LogP contribution < -0.4 is 0 Å². The van der Waals surface area contributed by atoms with Gasteiger partial charge in [-0.3, -0.25) is 4.55 Å². The molecule has 1 N–H and O–H groups in total. The largest absolute Gasteiger partial charge is 0.460 e. The minimum Gasteiger partial charge on any atom is -0.283 e. The highest BCUT2D eigenvalue weighted by Crippen LogP contribution is 2.62. The summed E-state index contributed by atoms with van der Waals surface area (Å²) in [5, 5.41) is -6.20. The summed E-state index contributed by atoms with van der Waals surface area (Å²) in [6.45, 7) is -1.24. The standard InChI is InChI=1S/C8H4F14O3S/c1-2(9,26(23,24)25)3(10,11)4(12,13)5(14,15)6(16,17)7(18,19)8(20,21)22/h1H3,(H,23,24,25). The van der Waals surface area contributed by atoms with Crippen molar-refractivity contribution >= 4 is 10.1 Å². The fourth-order valence-electron chi connectivity index (χ4n) is 1.21. The molecule has 1 atom stereocenters. The molecular weight excluding hydrogens is 442 g/mol. The maximum atomic E-state index is 13.3. The second-order valence-electron chi connectivity index (χ2n) is 4.76. The minimum absolute atomic E-state index is 1.24. The number of halogens is 14. The zero-order chi connectivity index (χ0) is 22.0. The van der Waals surface area contributed by atoms with Crippen molar-refractivity contribution in [2.75, 3.05) is 0 Å². The molecular formula is C8H4F14O3S. The van der Waals surface area contributed by atoms with Crippen LogP contribution in [-0.2, 0) is 10.1 Å². The molecule has 0 aromatic rings. The molecule has 1 unspecified atom stereocenters. The molecule has 158 valence electrons. The molecule has 0 heterocycles. The Morgan fingerprint density at radius 1 is 0.538 bits per heavy atom. The molecule has 0 bridgehead atoms. The third kappa shape index (κ3) is 2.88. The zero-order valence-electron chi connectivity index (χ0n) is 11.5. The lowest BCUT2D eigenvalue weighted by molar-refractivity contribution is -0.444. The van der Waals surface area contributed by atoms with E-state index in [0.29, 0.717) is 0 Å². The van der Waals surface area contributed by atoms with Gasteiger partial charge in [0.15, 0.2) is 0 Å². The van der Waals surface area contributed by atoms with Gasteiger partial charge in [-0.25, -0.2) is 4.39 Å². The molecule has 18 heteroatoms. The van der Waals surface area contributed by atoms with Crippen LogP contribution in [0, 0.1) is 0 Å². The monoisotopic (exact) mass is 446 g/mol. The van der Waals surface area contributed by atoms with Gasteiger partial charge in [-0.2, -0.15) is 65.5 Å². The summed E-state index contributed by atoms with van der Waals surface area (Å²) < 4.78 is 206. The van der Waals surface area contributed by atoms with Crippen molar-refractivity contribution in [3.63, 3.8) is 0 Å². The average Bonchev–Trinajstić information content (AvgIpc) is 2.34. The van der Waals surface area contributed by atoms with Crippen molar-refractivity contribution < 1.29 is 74.4 Å². The van der Waals surface area contributed by atoms with E-state index in [4.69, 9.17) is 4.55 Å². The normalized spacial score (nSPS) is 18.6. The predicted molar refractivity (Wildman–Crippen MR) is 51.9 cm³/mol. The first kappa shape index (κ1) is 24.9. The summed E-state index contributed by atoms with van der Waals surface area (Å²) >= 11 is 0. The van der Waals surface area contributed by atoms with E-state index in [-0.39, 0.29) is 0 Å². The maximum Gasteiger partial charge on any atom is 0.460 e. The van der Waals surface area contributed by atoms with Gasteiger partial charge >= 0.3 is 50.9 Å². The van der Waals surface area contributed by atoms with Gasteiger partial charge in [0.1, 0.15) is 0 Å². The van der Waals surface area contributed by atoms with E-state index < -0.39 is 57.8 Å². The molecule has 0 aromatic carbocycles. The van der Waals surface area contributed by atoms with E-state index in [9.17, 15) is 69.9 Å². The lowest BCUT2D eigenvalue weighted by atomic mass is 9.92. The second kappa shape index (κ2) is 5.71. The topological polar surface area (TPSA) is 54.4 Å². The van der Waals surface area contributed by atoms with Crippen LogP contribution in [0.5, 0.6) is 0 Å². The van der Waals surface area contributed by atoms with Crippen molar-refractivity contribution in [3.8, 4) is 0 Å². The molecule has 0 aromatic heterocycles. The van der Waals surface area contributed by atoms with Crippen LogP contribution in [0.3, 0.4) is 0 Å². The number of hydrogen-bond acceptors (Lipinski definition) is 2. The summed E-state index contributed by atoms with van der Waals surface area (Å²) in [5.41, 5.74) is 0. The summed E-state index contributed by atoms with van der Waals surface area (Å²) in [6.07, 6.45) is -7.66. The Labute approximate surface area is 133 Å². The minimum atomic E-state index is -8.36. The third-order valence-corrected chi connectivity index (χ3v) is 4.20. The van der Waals surface area contributed by atoms with Gasteiger partial charge < -0.3 is 0 Å². The van der Waals surface area contributed by atoms with Crippen LogP contribution in [0.15, 0.2) is 0 Å². The number of rotatable bonds is 6. The quantitative estimate of drug-likeness (QED) is 0.489. The molecule has 0 fully saturated rings. The highest BCUT2D eigenvalue weighted by atomic mass is 32.2. The maximum absolute atomic E-state index is 13.3.